The summed E-state index contributed by atoms with van der Waals surface area (Å²) in [7, 11) is 2.49. The molecule has 0 radical (unpaired) electrons. The number of hydrogen-bond acceptors (Lipinski definition) is 6. The van der Waals surface area contributed by atoms with Crippen LogP contribution in [0.15, 0.2) is 60.0 Å². The van der Waals surface area contributed by atoms with Gasteiger partial charge in [-0.05, 0) is 43.2 Å². The molecule has 7 nitrogen and oxygen atoms in total. The van der Waals surface area contributed by atoms with E-state index in [1.54, 1.807) is 42.6 Å². The zero-order valence-corrected chi connectivity index (χ0v) is 15.1. The lowest BCUT2D eigenvalue weighted by Gasteiger charge is -2.23. The quantitative estimate of drug-likeness (QED) is 0.804. The van der Waals surface area contributed by atoms with Gasteiger partial charge in [-0.3, -0.25) is 4.79 Å². The Bertz CT molecular complexity index is 865. The molecule has 1 aromatic rings. The first kappa shape index (κ1) is 18.4. The lowest BCUT2D eigenvalue weighted by Crippen LogP contribution is -2.27. The minimum absolute atomic E-state index is 0.0146. The predicted molar refractivity (Wildman–Crippen MR) is 99.6 cm³/mol. The Morgan fingerprint density at radius 3 is 2.48 bits per heavy atom. The molecular weight excluding hydrogens is 348 g/mol. The highest BCUT2D eigenvalue weighted by Gasteiger charge is 2.30. The Balaban J connectivity index is 2.00. The average Bonchev–Trinajstić information content (AvgIpc) is 3.53. The highest BCUT2D eigenvalue weighted by molar-refractivity contribution is 6.05. The molecule has 1 aliphatic heterocycles. The molecule has 27 heavy (non-hydrogen) atoms. The van der Waals surface area contributed by atoms with E-state index in [4.69, 9.17) is 9.47 Å². The molecule has 7 heteroatoms. The van der Waals surface area contributed by atoms with Gasteiger partial charge in [0.05, 0.1) is 19.8 Å². The van der Waals surface area contributed by atoms with E-state index >= 15 is 0 Å². The summed E-state index contributed by atoms with van der Waals surface area (Å²) in [4.78, 5) is 38.2. The molecule has 1 aliphatic carbocycles. The molecule has 1 aromatic carbocycles. The summed E-state index contributed by atoms with van der Waals surface area (Å²) in [5.41, 5.74) is 1.30. The van der Waals surface area contributed by atoms with Gasteiger partial charge >= 0.3 is 11.9 Å². The van der Waals surface area contributed by atoms with Crippen molar-refractivity contribution in [1.82, 2.24) is 0 Å². The van der Waals surface area contributed by atoms with Gasteiger partial charge in [-0.2, -0.15) is 0 Å². The molecule has 1 amide bonds. The second-order valence-electron chi connectivity index (χ2n) is 6.13. The number of ether oxygens (including phenoxy) is 2. The monoisotopic (exact) mass is 368 g/mol. The molecule has 0 spiro atoms. The summed E-state index contributed by atoms with van der Waals surface area (Å²) in [6.45, 7) is 0. The van der Waals surface area contributed by atoms with Crippen LogP contribution in [0.3, 0.4) is 0 Å². The maximum atomic E-state index is 12.4. The number of allylic oxidation sites excluding steroid dienone is 2. The molecule has 0 atom stereocenters. The van der Waals surface area contributed by atoms with E-state index in [0.717, 1.165) is 12.8 Å². The van der Waals surface area contributed by atoms with Crippen LogP contribution < -0.4 is 10.2 Å². The standard InChI is InChI=1S/C20H20N2O5/c1-26-19(24)16-8-3-4-11-22(17(16)20(25)27-2)15-7-5-6-14(12-15)21-18(23)13-9-10-13/h3-8,11-13H,9-10H2,1-2H3,(H,21,23). The number of carbonyl (C=O) groups excluding carboxylic acids is 3. The summed E-state index contributed by atoms with van der Waals surface area (Å²) in [6.07, 6.45) is 8.27. The lowest BCUT2D eigenvalue weighted by atomic mass is 10.1. The summed E-state index contributed by atoms with van der Waals surface area (Å²) in [6, 6.07) is 7.02. The van der Waals surface area contributed by atoms with Crippen molar-refractivity contribution >= 4 is 29.2 Å². The number of anilines is 2. The number of methoxy groups -OCH3 is 2. The van der Waals surface area contributed by atoms with Crippen molar-refractivity contribution in [3.8, 4) is 0 Å². The minimum Gasteiger partial charge on any atom is -0.465 e. The fraction of sp³-hybridized carbons (Fsp3) is 0.250. The van der Waals surface area contributed by atoms with Gasteiger partial charge in [0.1, 0.15) is 5.70 Å². The zero-order chi connectivity index (χ0) is 19.4. The molecule has 0 unspecified atom stereocenters. The minimum atomic E-state index is -0.681. The molecule has 0 saturated heterocycles. The van der Waals surface area contributed by atoms with Crippen LogP contribution in [0, 0.1) is 5.92 Å². The van der Waals surface area contributed by atoms with Gasteiger partial charge in [0.2, 0.25) is 5.91 Å². The average molecular weight is 368 g/mol. The topological polar surface area (TPSA) is 84.9 Å². The van der Waals surface area contributed by atoms with E-state index in [1.165, 1.54) is 25.2 Å². The Hall–Kier alpha value is -3.35. The fourth-order valence-electron chi connectivity index (χ4n) is 2.69. The first-order chi connectivity index (χ1) is 13.0. The highest BCUT2D eigenvalue weighted by Crippen LogP contribution is 2.32. The van der Waals surface area contributed by atoms with Crippen LogP contribution in [0.1, 0.15) is 12.8 Å². The number of amides is 1. The van der Waals surface area contributed by atoms with Gasteiger partial charge in [-0.25, -0.2) is 9.59 Å². The molecule has 1 heterocycles. The van der Waals surface area contributed by atoms with Crippen LogP contribution in [0.5, 0.6) is 0 Å². The summed E-state index contributed by atoms with van der Waals surface area (Å²) in [5, 5.41) is 2.87. The van der Waals surface area contributed by atoms with Crippen molar-refractivity contribution in [2.75, 3.05) is 24.4 Å². The number of rotatable bonds is 5. The highest BCUT2D eigenvalue weighted by atomic mass is 16.5. The number of carbonyl (C=O) groups is 3. The van der Waals surface area contributed by atoms with Crippen molar-refractivity contribution in [2.24, 2.45) is 5.92 Å². The first-order valence-electron chi connectivity index (χ1n) is 8.51. The van der Waals surface area contributed by atoms with Crippen LogP contribution >= 0.6 is 0 Å². The Labute approximate surface area is 156 Å². The van der Waals surface area contributed by atoms with Crippen molar-refractivity contribution in [3.63, 3.8) is 0 Å². The third-order valence-electron chi connectivity index (χ3n) is 4.23. The SMILES string of the molecule is COC(=O)C1=C(C(=O)OC)N(c2cccc(NC(=O)C3CC3)c2)C=CC=C1. The second-order valence-corrected chi connectivity index (χ2v) is 6.13. The first-order valence-corrected chi connectivity index (χ1v) is 8.51. The molecule has 2 aliphatic rings. The van der Waals surface area contributed by atoms with Crippen LogP contribution in [-0.4, -0.2) is 32.1 Å². The Morgan fingerprint density at radius 1 is 1.07 bits per heavy atom. The van der Waals surface area contributed by atoms with Crippen molar-refractivity contribution in [3.05, 3.63) is 60.0 Å². The molecule has 140 valence electrons. The molecular formula is C20H20N2O5. The smallest absolute Gasteiger partial charge is 0.355 e. The van der Waals surface area contributed by atoms with Crippen LogP contribution in [0.25, 0.3) is 0 Å². The van der Waals surface area contributed by atoms with E-state index in [9.17, 15) is 14.4 Å². The Morgan fingerprint density at radius 2 is 1.81 bits per heavy atom. The van der Waals surface area contributed by atoms with E-state index < -0.39 is 11.9 Å². The van der Waals surface area contributed by atoms with E-state index in [0.29, 0.717) is 11.4 Å². The van der Waals surface area contributed by atoms with E-state index in [-0.39, 0.29) is 23.1 Å². The number of hydrogen-bond donors (Lipinski definition) is 1. The normalized spacial score (nSPS) is 16.0. The van der Waals surface area contributed by atoms with Crippen LogP contribution in [-0.2, 0) is 23.9 Å². The summed E-state index contributed by atoms with van der Waals surface area (Å²) in [5.74, 6) is -1.27. The number of nitrogens with one attached hydrogen (secondary N) is 1. The predicted octanol–water partition coefficient (Wildman–Crippen LogP) is 2.53. The molecule has 0 aromatic heterocycles. The zero-order valence-electron chi connectivity index (χ0n) is 15.1. The maximum absolute atomic E-state index is 12.4. The summed E-state index contributed by atoms with van der Waals surface area (Å²) < 4.78 is 9.67. The van der Waals surface area contributed by atoms with Crippen LogP contribution in [0.4, 0.5) is 11.4 Å². The third-order valence-corrected chi connectivity index (χ3v) is 4.23. The summed E-state index contributed by atoms with van der Waals surface area (Å²) >= 11 is 0. The second kappa shape index (κ2) is 7.90. The molecule has 1 saturated carbocycles. The molecule has 1 N–H and O–H groups in total. The van der Waals surface area contributed by atoms with E-state index in [2.05, 4.69) is 5.32 Å². The van der Waals surface area contributed by atoms with Gasteiger partial charge in [-0.1, -0.05) is 12.1 Å². The molecule has 0 bridgehead atoms. The Kier molecular flexibility index (Phi) is 5.40. The third kappa shape index (κ3) is 4.08. The molecule has 3 rings (SSSR count). The van der Waals surface area contributed by atoms with Gasteiger partial charge in [0.25, 0.3) is 0 Å². The number of esters is 2. The van der Waals surface area contributed by atoms with Gasteiger partial charge in [0.15, 0.2) is 0 Å². The van der Waals surface area contributed by atoms with Gasteiger partial charge in [0, 0.05) is 23.5 Å². The van der Waals surface area contributed by atoms with Crippen molar-refractivity contribution < 1.29 is 23.9 Å². The van der Waals surface area contributed by atoms with Crippen molar-refractivity contribution in [1.29, 1.82) is 0 Å². The number of nitrogens with zero attached hydrogens (tertiary/aromatic N) is 1. The molecule has 1 fully saturated rings. The lowest BCUT2D eigenvalue weighted by molar-refractivity contribution is -0.139. The largest absolute Gasteiger partial charge is 0.465 e. The van der Waals surface area contributed by atoms with Crippen molar-refractivity contribution in [2.45, 2.75) is 12.8 Å². The fourth-order valence-corrected chi connectivity index (χ4v) is 2.69. The number of benzene rings is 1. The maximum Gasteiger partial charge on any atom is 0.355 e. The van der Waals surface area contributed by atoms with E-state index in [1.807, 2.05) is 0 Å². The van der Waals surface area contributed by atoms with Gasteiger partial charge < -0.3 is 19.7 Å². The van der Waals surface area contributed by atoms with Crippen LogP contribution in [0.2, 0.25) is 0 Å². The van der Waals surface area contributed by atoms with Gasteiger partial charge in [-0.15, -0.1) is 0 Å².